The molecule has 0 saturated carbocycles. The minimum atomic E-state index is -0.756. The molecule has 1 heterocycles. The van der Waals surface area contributed by atoms with E-state index in [0.29, 0.717) is 28.4 Å². The number of carbonyl (C=O) groups excluding carboxylic acids is 3. The van der Waals surface area contributed by atoms with Gasteiger partial charge in [-0.2, -0.15) is 0 Å². The Labute approximate surface area is 190 Å². The Balaban J connectivity index is 2.38. The van der Waals surface area contributed by atoms with E-state index in [1.54, 1.807) is 31.2 Å². The standard InChI is InChI=1S/C22H25NO8S/c1-5-7-17(24)23-21-19(22(27)30-6-2)20(26)16(32-21)11-13-8-9-14(15(10-13)28-3)31-12-18(25)29-4/h8-11,26H,5-7,12H2,1-4H3/b16-11-,23-21?. The highest BCUT2D eigenvalue weighted by atomic mass is 32.2. The van der Waals surface area contributed by atoms with E-state index in [0.717, 1.165) is 11.8 Å². The number of aliphatic hydroxyl groups is 1. The van der Waals surface area contributed by atoms with Crippen LogP contribution in [0.5, 0.6) is 11.5 Å². The van der Waals surface area contributed by atoms with Gasteiger partial charge in [0.25, 0.3) is 0 Å². The summed E-state index contributed by atoms with van der Waals surface area (Å²) >= 11 is 0.997. The van der Waals surface area contributed by atoms with Gasteiger partial charge < -0.3 is 24.1 Å². The van der Waals surface area contributed by atoms with Gasteiger partial charge in [-0.15, -0.1) is 0 Å². The topological polar surface area (TPSA) is 121 Å². The SMILES string of the molecule is CCCC(=O)N=C1S/C(=C\c2ccc(OCC(=O)OC)c(OC)c2)C(O)=C1C(=O)OCC. The Morgan fingerprint density at radius 1 is 1.16 bits per heavy atom. The van der Waals surface area contributed by atoms with E-state index >= 15 is 0 Å². The smallest absolute Gasteiger partial charge is 0.344 e. The molecule has 9 nitrogen and oxygen atoms in total. The van der Waals surface area contributed by atoms with Gasteiger partial charge in [-0.25, -0.2) is 14.6 Å². The van der Waals surface area contributed by atoms with Gasteiger partial charge in [0, 0.05) is 6.42 Å². The molecule has 0 unspecified atom stereocenters. The van der Waals surface area contributed by atoms with Crippen LogP contribution in [0.4, 0.5) is 0 Å². The Morgan fingerprint density at radius 3 is 2.53 bits per heavy atom. The summed E-state index contributed by atoms with van der Waals surface area (Å²) in [6, 6.07) is 4.91. The predicted molar refractivity (Wildman–Crippen MR) is 120 cm³/mol. The number of rotatable bonds is 9. The molecule has 0 aromatic heterocycles. The van der Waals surface area contributed by atoms with E-state index in [2.05, 4.69) is 9.73 Å². The average Bonchev–Trinajstić information content (AvgIpc) is 3.07. The number of thioether (sulfide) groups is 1. The molecule has 0 fully saturated rings. The highest BCUT2D eigenvalue weighted by molar-refractivity contribution is 8.18. The summed E-state index contributed by atoms with van der Waals surface area (Å²) < 4.78 is 20.2. The van der Waals surface area contributed by atoms with Crippen LogP contribution in [0.15, 0.2) is 39.4 Å². The maximum atomic E-state index is 12.4. The molecule has 2 rings (SSSR count). The number of aliphatic hydroxyl groups excluding tert-OH is 1. The van der Waals surface area contributed by atoms with Gasteiger partial charge in [0.2, 0.25) is 5.91 Å². The molecule has 1 aromatic carbocycles. The van der Waals surface area contributed by atoms with Crippen molar-refractivity contribution in [2.45, 2.75) is 26.7 Å². The lowest BCUT2D eigenvalue weighted by molar-refractivity contribution is -0.143. The normalized spacial score (nSPS) is 15.8. The Bertz CT molecular complexity index is 980. The summed E-state index contributed by atoms with van der Waals surface area (Å²) in [4.78, 5) is 40.0. The largest absolute Gasteiger partial charge is 0.506 e. The molecular weight excluding hydrogens is 438 g/mol. The van der Waals surface area contributed by atoms with Crippen LogP contribution in [-0.2, 0) is 23.9 Å². The first-order valence-electron chi connectivity index (χ1n) is 9.84. The van der Waals surface area contributed by atoms with E-state index in [1.165, 1.54) is 14.2 Å². The molecule has 10 heteroatoms. The second kappa shape index (κ2) is 11.9. The zero-order valence-electron chi connectivity index (χ0n) is 18.3. The second-order valence-electron chi connectivity index (χ2n) is 6.39. The van der Waals surface area contributed by atoms with Crippen LogP contribution < -0.4 is 9.47 Å². The van der Waals surface area contributed by atoms with E-state index in [4.69, 9.17) is 14.2 Å². The van der Waals surface area contributed by atoms with Crippen molar-refractivity contribution in [2.75, 3.05) is 27.4 Å². The molecule has 1 N–H and O–H groups in total. The molecule has 0 aliphatic carbocycles. The Morgan fingerprint density at radius 2 is 1.91 bits per heavy atom. The third kappa shape index (κ3) is 6.36. The number of methoxy groups -OCH3 is 2. The molecule has 1 aliphatic rings. The zero-order chi connectivity index (χ0) is 23.7. The zero-order valence-corrected chi connectivity index (χ0v) is 19.1. The van der Waals surface area contributed by atoms with Crippen LogP contribution in [0, 0.1) is 0 Å². The number of esters is 2. The maximum absolute atomic E-state index is 12.4. The van der Waals surface area contributed by atoms with Crippen molar-refractivity contribution >= 4 is 40.7 Å². The minimum absolute atomic E-state index is 0.0932. The fourth-order valence-electron chi connectivity index (χ4n) is 2.62. The van der Waals surface area contributed by atoms with Crippen LogP contribution in [0.3, 0.4) is 0 Å². The quantitative estimate of drug-likeness (QED) is 0.549. The highest BCUT2D eigenvalue weighted by Gasteiger charge is 2.33. The molecule has 0 atom stereocenters. The van der Waals surface area contributed by atoms with E-state index in [9.17, 15) is 19.5 Å². The van der Waals surface area contributed by atoms with Gasteiger partial charge >= 0.3 is 11.9 Å². The van der Waals surface area contributed by atoms with Gasteiger partial charge in [-0.1, -0.05) is 24.8 Å². The van der Waals surface area contributed by atoms with E-state index in [1.807, 2.05) is 6.92 Å². The fraction of sp³-hybridized carbons (Fsp3) is 0.364. The van der Waals surface area contributed by atoms with E-state index in [-0.39, 0.29) is 41.9 Å². The van der Waals surface area contributed by atoms with Gasteiger partial charge in [0.15, 0.2) is 18.1 Å². The highest BCUT2D eigenvalue weighted by Crippen LogP contribution is 2.40. The van der Waals surface area contributed by atoms with E-state index < -0.39 is 11.9 Å². The van der Waals surface area contributed by atoms with Crippen molar-refractivity contribution in [3.05, 3.63) is 40.0 Å². The lowest BCUT2D eigenvalue weighted by atomic mass is 10.1. The van der Waals surface area contributed by atoms with Gasteiger partial charge in [0.1, 0.15) is 16.4 Å². The number of carbonyl (C=O) groups is 3. The first kappa shape index (κ1) is 25.0. The molecular formula is C22H25NO8S. The summed E-state index contributed by atoms with van der Waals surface area (Å²) in [7, 11) is 2.71. The molecule has 0 bridgehead atoms. The lowest BCUT2D eigenvalue weighted by Crippen LogP contribution is -2.14. The summed E-state index contributed by atoms with van der Waals surface area (Å²) in [6.45, 7) is 3.32. The first-order chi connectivity index (χ1) is 15.3. The Kier molecular flexibility index (Phi) is 9.33. The van der Waals surface area contributed by atoms with Crippen molar-refractivity contribution in [1.82, 2.24) is 0 Å². The molecule has 32 heavy (non-hydrogen) atoms. The molecule has 0 spiro atoms. The number of hydrogen-bond donors (Lipinski definition) is 1. The monoisotopic (exact) mass is 463 g/mol. The van der Waals surface area contributed by atoms with Crippen molar-refractivity contribution in [1.29, 1.82) is 0 Å². The van der Waals surface area contributed by atoms with Crippen molar-refractivity contribution in [3.63, 3.8) is 0 Å². The maximum Gasteiger partial charge on any atom is 0.344 e. The summed E-state index contributed by atoms with van der Waals surface area (Å²) in [5, 5.41) is 10.8. The van der Waals surface area contributed by atoms with Crippen LogP contribution in [0.25, 0.3) is 6.08 Å². The summed E-state index contributed by atoms with van der Waals surface area (Å²) in [5.74, 6) is -1.31. The minimum Gasteiger partial charge on any atom is -0.506 e. The summed E-state index contributed by atoms with van der Waals surface area (Å²) in [5.41, 5.74) is 0.475. The molecule has 0 saturated heterocycles. The van der Waals surface area contributed by atoms with Gasteiger partial charge in [-0.3, -0.25) is 4.79 Å². The average molecular weight is 464 g/mol. The predicted octanol–water partition coefficient (Wildman–Crippen LogP) is 3.44. The second-order valence-corrected chi connectivity index (χ2v) is 7.42. The number of ether oxygens (including phenoxy) is 4. The number of amides is 1. The first-order valence-corrected chi connectivity index (χ1v) is 10.7. The third-order valence-electron chi connectivity index (χ3n) is 4.12. The van der Waals surface area contributed by atoms with Crippen molar-refractivity contribution in [3.8, 4) is 11.5 Å². The fourth-order valence-corrected chi connectivity index (χ4v) is 3.65. The van der Waals surface area contributed by atoms with Gasteiger partial charge in [0.05, 0.1) is 25.7 Å². The molecule has 1 aromatic rings. The molecule has 1 amide bonds. The van der Waals surface area contributed by atoms with Gasteiger partial charge in [-0.05, 0) is 37.1 Å². The number of nitrogens with zero attached hydrogens (tertiary/aromatic N) is 1. The third-order valence-corrected chi connectivity index (χ3v) is 5.14. The number of aliphatic imine (C=N–C) groups is 1. The Hall–Kier alpha value is -3.27. The van der Waals surface area contributed by atoms with Crippen LogP contribution in [0.2, 0.25) is 0 Å². The molecule has 0 radical (unpaired) electrons. The summed E-state index contributed by atoms with van der Waals surface area (Å²) in [6.07, 6.45) is 2.44. The molecule has 172 valence electrons. The van der Waals surface area contributed by atoms with Crippen LogP contribution in [0.1, 0.15) is 32.3 Å². The van der Waals surface area contributed by atoms with Crippen LogP contribution in [-0.4, -0.2) is 55.4 Å². The number of benzene rings is 1. The van der Waals surface area contributed by atoms with Crippen molar-refractivity contribution < 1.29 is 38.4 Å². The van der Waals surface area contributed by atoms with Crippen LogP contribution >= 0.6 is 11.8 Å². The molecule has 1 aliphatic heterocycles. The lowest BCUT2D eigenvalue weighted by Gasteiger charge is -2.10. The number of hydrogen-bond acceptors (Lipinski definition) is 9. The van der Waals surface area contributed by atoms with Crippen molar-refractivity contribution in [2.24, 2.45) is 4.99 Å².